The highest BCUT2D eigenvalue weighted by Gasteiger charge is 2.03. The summed E-state index contributed by atoms with van der Waals surface area (Å²) in [5.41, 5.74) is 0.765. The molecule has 1 aromatic rings. The largest absolute Gasteiger partial charge is 0.309 e. The molecule has 0 bridgehead atoms. The first-order chi connectivity index (χ1) is 7.76. The lowest BCUT2D eigenvalue weighted by molar-refractivity contribution is 0.502. The summed E-state index contributed by atoms with van der Waals surface area (Å²) in [6.45, 7) is 6.77. The number of allylic oxidation sites excluding steroid dienone is 1. The molecular formula is C13H18N2S. The van der Waals surface area contributed by atoms with Crippen molar-refractivity contribution >= 4 is 11.3 Å². The van der Waals surface area contributed by atoms with E-state index in [1.807, 2.05) is 17.5 Å². The summed E-state index contributed by atoms with van der Waals surface area (Å²) in [7, 11) is 0. The molecule has 0 amide bonds. The predicted molar refractivity (Wildman–Crippen MR) is 69.4 cm³/mol. The molecular weight excluding hydrogens is 216 g/mol. The van der Waals surface area contributed by atoms with Crippen LogP contribution in [0.15, 0.2) is 24.1 Å². The summed E-state index contributed by atoms with van der Waals surface area (Å²) < 4.78 is 0. The third-order valence-electron chi connectivity index (χ3n) is 2.45. The minimum absolute atomic E-state index is 0.521. The Labute approximate surface area is 102 Å². The maximum atomic E-state index is 8.70. The van der Waals surface area contributed by atoms with Crippen molar-refractivity contribution in [1.82, 2.24) is 5.32 Å². The molecule has 1 rings (SSSR count). The van der Waals surface area contributed by atoms with E-state index in [0.717, 1.165) is 18.5 Å². The van der Waals surface area contributed by atoms with E-state index in [2.05, 4.69) is 24.9 Å². The Morgan fingerprint density at radius 1 is 1.69 bits per heavy atom. The molecule has 0 saturated heterocycles. The van der Waals surface area contributed by atoms with Gasteiger partial charge < -0.3 is 5.32 Å². The number of unbranched alkanes of at least 4 members (excludes halogenated alkanes) is 1. The van der Waals surface area contributed by atoms with Crippen LogP contribution in [0, 0.1) is 11.3 Å². The fourth-order valence-corrected chi connectivity index (χ4v) is 2.24. The summed E-state index contributed by atoms with van der Waals surface area (Å²) in [5, 5.41) is 14.1. The summed E-state index contributed by atoms with van der Waals surface area (Å²) in [4.78, 5) is 1.23. The average Bonchev–Trinajstić information content (AvgIpc) is 2.74. The fourth-order valence-electron chi connectivity index (χ4n) is 1.48. The van der Waals surface area contributed by atoms with Crippen LogP contribution in [0.1, 0.15) is 36.6 Å². The van der Waals surface area contributed by atoms with Crippen LogP contribution < -0.4 is 5.32 Å². The van der Waals surface area contributed by atoms with E-state index in [0.29, 0.717) is 6.04 Å². The molecule has 1 N–H and O–H groups in total. The molecule has 0 saturated carbocycles. The molecule has 0 aliphatic heterocycles. The number of thiophene rings is 1. The molecule has 0 aromatic carbocycles. The molecule has 0 aliphatic rings. The average molecular weight is 234 g/mol. The molecule has 1 aromatic heterocycles. The predicted octanol–water partition coefficient (Wildman–Crippen LogP) is 3.45. The first kappa shape index (κ1) is 13.0. The number of hydrogen-bond donors (Lipinski definition) is 1. The van der Waals surface area contributed by atoms with Crippen LogP contribution in [0.2, 0.25) is 0 Å². The van der Waals surface area contributed by atoms with Gasteiger partial charge in [0, 0.05) is 22.8 Å². The number of hydrogen-bond acceptors (Lipinski definition) is 3. The van der Waals surface area contributed by atoms with Crippen LogP contribution in [-0.4, -0.2) is 6.04 Å². The zero-order valence-electron chi connectivity index (χ0n) is 9.70. The van der Waals surface area contributed by atoms with Gasteiger partial charge in [-0.25, -0.2) is 0 Å². The zero-order chi connectivity index (χ0) is 11.8. The highest BCUT2D eigenvalue weighted by atomic mass is 32.1. The van der Waals surface area contributed by atoms with Gasteiger partial charge in [0.1, 0.15) is 6.07 Å². The van der Waals surface area contributed by atoms with Gasteiger partial charge in [0.25, 0.3) is 0 Å². The third-order valence-corrected chi connectivity index (χ3v) is 3.39. The summed E-state index contributed by atoms with van der Waals surface area (Å²) in [6.07, 6.45) is 5.41. The summed E-state index contributed by atoms with van der Waals surface area (Å²) in [6, 6.07) is 4.62. The summed E-state index contributed by atoms with van der Waals surface area (Å²) in [5.74, 6) is 0. The van der Waals surface area contributed by atoms with E-state index < -0.39 is 0 Å². The lowest BCUT2D eigenvalue weighted by atomic mass is 10.1. The van der Waals surface area contributed by atoms with Gasteiger partial charge >= 0.3 is 0 Å². The minimum atomic E-state index is 0.521. The highest BCUT2D eigenvalue weighted by Crippen LogP contribution is 2.14. The Bertz CT molecular complexity index is 362. The van der Waals surface area contributed by atoms with Crippen molar-refractivity contribution in [3.63, 3.8) is 0 Å². The second-order valence-corrected chi connectivity index (χ2v) is 4.91. The number of nitrogens with one attached hydrogen (secondary N) is 1. The smallest absolute Gasteiger partial charge is 0.100 e. The van der Waals surface area contributed by atoms with Crippen LogP contribution in [-0.2, 0) is 6.54 Å². The molecule has 2 nitrogen and oxygen atoms in total. The van der Waals surface area contributed by atoms with Gasteiger partial charge in [-0.05, 0) is 32.3 Å². The van der Waals surface area contributed by atoms with Crippen molar-refractivity contribution in [3.05, 3.63) is 34.5 Å². The van der Waals surface area contributed by atoms with Crippen LogP contribution in [0.25, 0.3) is 0 Å². The van der Waals surface area contributed by atoms with E-state index >= 15 is 0 Å². The number of nitrogens with zero attached hydrogens (tertiary/aromatic N) is 1. The molecule has 0 radical (unpaired) electrons. The van der Waals surface area contributed by atoms with Crippen LogP contribution in [0.3, 0.4) is 0 Å². The van der Waals surface area contributed by atoms with Gasteiger partial charge in [-0.3, -0.25) is 0 Å². The first-order valence-corrected chi connectivity index (χ1v) is 6.46. The normalized spacial score (nSPS) is 12.0. The first-order valence-electron chi connectivity index (χ1n) is 5.58. The van der Waals surface area contributed by atoms with Gasteiger partial charge in [-0.1, -0.05) is 6.08 Å². The van der Waals surface area contributed by atoms with Crippen molar-refractivity contribution in [3.8, 4) is 6.07 Å². The molecule has 0 fully saturated rings. The molecule has 1 unspecified atom stereocenters. The molecule has 86 valence electrons. The second-order valence-electron chi connectivity index (χ2n) is 3.92. The Morgan fingerprint density at radius 3 is 3.12 bits per heavy atom. The molecule has 16 heavy (non-hydrogen) atoms. The number of nitriles is 1. The Kier molecular flexibility index (Phi) is 5.84. The van der Waals surface area contributed by atoms with Crippen molar-refractivity contribution < 1.29 is 0 Å². The monoisotopic (exact) mass is 234 g/mol. The minimum Gasteiger partial charge on any atom is -0.309 e. The van der Waals surface area contributed by atoms with E-state index in [-0.39, 0.29) is 0 Å². The van der Waals surface area contributed by atoms with Crippen molar-refractivity contribution in [2.75, 3.05) is 0 Å². The number of rotatable bonds is 7. The van der Waals surface area contributed by atoms with Gasteiger partial charge in [0.15, 0.2) is 0 Å². The van der Waals surface area contributed by atoms with Gasteiger partial charge in [0.2, 0.25) is 0 Å². The van der Waals surface area contributed by atoms with Crippen LogP contribution >= 0.6 is 11.3 Å². The van der Waals surface area contributed by atoms with Crippen molar-refractivity contribution in [2.45, 2.75) is 38.8 Å². The van der Waals surface area contributed by atoms with E-state index in [9.17, 15) is 0 Å². The topological polar surface area (TPSA) is 35.8 Å². The molecule has 0 aliphatic carbocycles. The lowest BCUT2D eigenvalue weighted by Gasteiger charge is -2.11. The van der Waals surface area contributed by atoms with Crippen LogP contribution in [0.4, 0.5) is 0 Å². The van der Waals surface area contributed by atoms with E-state index in [1.165, 1.54) is 17.7 Å². The lowest BCUT2D eigenvalue weighted by Crippen LogP contribution is -2.24. The Hall–Kier alpha value is -1.11. The molecule has 0 spiro atoms. The molecule has 1 atom stereocenters. The Balaban J connectivity index is 2.23. The Morgan fingerprint density at radius 2 is 2.50 bits per heavy atom. The fraction of sp³-hybridized carbons (Fsp3) is 0.462. The quantitative estimate of drug-likeness (QED) is 0.579. The van der Waals surface area contributed by atoms with Gasteiger partial charge in [-0.15, -0.1) is 17.9 Å². The van der Waals surface area contributed by atoms with Crippen molar-refractivity contribution in [2.24, 2.45) is 0 Å². The SMILES string of the molecule is C=CCCCC(C)NCc1cc(C#N)cs1. The van der Waals surface area contributed by atoms with Crippen LogP contribution in [0.5, 0.6) is 0 Å². The molecule has 3 heteroatoms. The summed E-state index contributed by atoms with van der Waals surface area (Å²) >= 11 is 1.64. The maximum Gasteiger partial charge on any atom is 0.100 e. The van der Waals surface area contributed by atoms with Gasteiger partial charge in [-0.2, -0.15) is 5.26 Å². The zero-order valence-corrected chi connectivity index (χ0v) is 10.5. The highest BCUT2D eigenvalue weighted by molar-refractivity contribution is 7.10. The third kappa shape index (κ3) is 4.61. The van der Waals surface area contributed by atoms with E-state index in [4.69, 9.17) is 5.26 Å². The second kappa shape index (κ2) is 7.21. The standard InChI is InChI=1S/C13H18N2S/c1-3-4-5-6-11(2)15-9-13-7-12(8-14)10-16-13/h3,7,10-11,15H,1,4-6,9H2,2H3. The van der Waals surface area contributed by atoms with Gasteiger partial charge in [0.05, 0.1) is 5.56 Å². The van der Waals surface area contributed by atoms with E-state index in [1.54, 1.807) is 11.3 Å². The molecule has 1 heterocycles. The maximum absolute atomic E-state index is 8.70. The van der Waals surface area contributed by atoms with Crippen molar-refractivity contribution in [1.29, 1.82) is 5.26 Å².